The molecule has 0 unspecified atom stereocenters. The van der Waals surface area contributed by atoms with Crippen molar-refractivity contribution in [3.05, 3.63) is 82.7 Å². The summed E-state index contributed by atoms with van der Waals surface area (Å²) in [5, 5.41) is 4.42. The average molecular weight is 381 g/mol. The number of amides is 1. The van der Waals surface area contributed by atoms with Gasteiger partial charge < -0.3 is 4.90 Å². The highest BCUT2D eigenvalue weighted by Gasteiger charge is 2.28. The van der Waals surface area contributed by atoms with Crippen molar-refractivity contribution in [2.75, 3.05) is 11.4 Å². The van der Waals surface area contributed by atoms with Gasteiger partial charge in [-0.15, -0.1) is 0 Å². The molecule has 4 rings (SSSR count). The first-order valence-electron chi connectivity index (χ1n) is 9.47. The van der Waals surface area contributed by atoms with E-state index in [1.807, 2.05) is 41.9 Å². The summed E-state index contributed by atoms with van der Waals surface area (Å²) in [5.74, 6) is -2.03. The Morgan fingerprint density at radius 3 is 2.64 bits per heavy atom. The second kappa shape index (κ2) is 7.54. The van der Waals surface area contributed by atoms with Crippen LogP contribution >= 0.6 is 0 Å². The molecule has 0 radical (unpaired) electrons. The van der Waals surface area contributed by atoms with Crippen molar-refractivity contribution in [2.24, 2.45) is 0 Å². The van der Waals surface area contributed by atoms with E-state index in [0.717, 1.165) is 17.3 Å². The Hall–Kier alpha value is -3.02. The lowest BCUT2D eigenvalue weighted by Gasteiger charge is -2.29. The van der Waals surface area contributed by atoms with E-state index in [9.17, 15) is 13.6 Å². The van der Waals surface area contributed by atoms with Crippen LogP contribution in [0, 0.1) is 11.6 Å². The molecule has 1 aromatic heterocycles. The van der Waals surface area contributed by atoms with Gasteiger partial charge in [0.25, 0.3) is 5.91 Å². The largest absolute Gasteiger partial charge is 0.308 e. The van der Waals surface area contributed by atoms with E-state index in [1.165, 1.54) is 6.07 Å². The fourth-order valence-corrected chi connectivity index (χ4v) is 3.79. The Morgan fingerprint density at radius 2 is 1.89 bits per heavy atom. The fourth-order valence-electron chi connectivity index (χ4n) is 3.79. The molecule has 1 aliphatic heterocycles. The zero-order valence-electron chi connectivity index (χ0n) is 15.7. The number of hydrogen-bond acceptors (Lipinski definition) is 2. The minimum Gasteiger partial charge on any atom is -0.308 e. The van der Waals surface area contributed by atoms with Crippen molar-refractivity contribution in [1.29, 1.82) is 0 Å². The molecule has 0 aliphatic carbocycles. The van der Waals surface area contributed by atoms with Crippen LogP contribution in [-0.4, -0.2) is 22.2 Å². The van der Waals surface area contributed by atoms with Gasteiger partial charge in [-0.2, -0.15) is 5.10 Å². The van der Waals surface area contributed by atoms with Crippen molar-refractivity contribution >= 4 is 11.6 Å². The van der Waals surface area contributed by atoms with Crippen LogP contribution in [0.4, 0.5) is 14.5 Å². The van der Waals surface area contributed by atoms with Gasteiger partial charge >= 0.3 is 0 Å². The second-order valence-corrected chi connectivity index (χ2v) is 6.96. The van der Waals surface area contributed by atoms with Gasteiger partial charge in [-0.1, -0.05) is 37.3 Å². The molecule has 144 valence electrons. The predicted molar refractivity (Wildman–Crippen MR) is 104 cm³/mol. The minimum atomic E-state index is -0.936. The zero-order chi connectivity index (χ0) is 19.7. The number of nitrogens with zero attached hydrogens (tertiary/aromatic N) is 3. The lowest BCUT2D eigenvalue weighted by atomic mass is 10.00. The second-order valence-electron chi connectivity index (χ2n) is 6.96. The van der Waals surface area contributed by atoms with Crippen LogP contribution in [0.3, 0.4) is 0 Å². The molecule has 0 atom stereocenters. The van der Waals surface area contributed by atoms with Gasteiger partial charge in [0.1, 0.15) is 0 Å². The lowest BCUT2D eigenvalue weighted by molar-refractivity contribution is 0.0984. The molecule has 0 spiro atoms. The van der Waals surface area contributed by atoms with E-state index in [1.54, 1.807) is 11.1 Å². The van der Waals surface area contributed by atoms with Crippen molar-refractivity contribution in [2.45, 2.75) is 32.7 Å². The number of aromatic nitrogens is 2. The lowest BCUT2D eigenvalue weighted by Crippen LogP contribution is -2.36. The van der Waals surface area contributed by atoms with Gasteiger partial charge in [-0.05, 0) is 36.5 Å². The minimum absolute atomic E-state index is 0.219. The van der Waals surface area contributed by atoms with E-state index in [0.29, 0.717) is 49.2 Å². The number of benzene rings is 2. The van der Waals surface area contributed by atoms with Crippen LogP contribution in [0.5, 0.6) is 0 Å². The number of aryl methyl sites for hydroxylation is 1. The van der Waals surface area contributed by atoms with Crippen molar-refractivity contribution in [3.8, 4) is 0 Å². The maximum Gasteiger partial charge on any atom is 0.261 e. The molecule has 0 N–H and O–H groups in total. The third kappa shape index (κ3) is 3.30. The van der Waals surface area contributed by atoms with Gasteiger partial charge in [-0.3, -0.25) is 9.48 Å². The van der Waals surface area contributed by atoms with E-state index in [4.69, 9.17) is 0 Å². The predicted octanol–water partition coefficient (Wildman–Crippen LogP) is 4.37. The van der Waals surface area contributed by atoms with E-state index >= 15 is 0 Å². The molecule has 0 fully saturated rings. The smallest absolute Gasteiger partial charge is 0.261 e. The van der Waals surface area contributed by atoms with E-state index < -0.39 is 11.6 Å². The van der Waals surface area contributed by atoms with E-state index in [2.05, 4.69) is 5.10 Å². The molecular weight excluding hydrogens is 360 g/mol. The number of halogens is 2. The summed E-state index contributed by atoms with van der Waals surface area (Å²) in [4.78, 5) is 14.8. The molecule has 1 aliphatic rings. The first-order valence-corrected chi connectivity index (χ1v) is 9.47. The zero-order valence-corrected chi connectivity index (χ0v) is 15.7. The van der Waals surface area contributed by atoms with Crippen LogP contribution in [0.25, 0.3) is 0 Å². The Balaban J connectivity index is 1.67. The molecule has 6 heteroatoms. The topological polar surface area (TPSA) is 38.1 Å². The van der Waals surface area contributed by atoms with Gasteiger partial charge in [0.15, 0.2) is 11.6 Å². The molecule has 2 aromatic carbocycles. The Morgan fingerprint density at radius 1 is 1.14 bits per heavy atom. The van der Waals surface area contributed by atoms with Gasteiger partial charge in [0, 0.05) is 12.6 Å². The molecule has 28 heavy (non-hydrogen) atoms. The van der Waals surface area contributed by atoms with Crippen LogP contribution < -0.4 is 4.90 Å². The Kier molecular flexibility index (Phi) is 4.94. The molecule has 0 saturated heterocycles. The van der Waals surface area contributed by atoms with E-state index in [-0.39, 0.29) is 5.91 Å². The first kappa shape index (κ1) is 18.3. The van der Waals surface area contributed by atoms with Gasteiger partial charge in [-0.25, -0.2) is 8.78 Å². The average Bonchev–Trinajstić information content (AvgIpc) is 3.11. The molecule has 0 bridgehead atoms. The summed E-state index contributed by atoms with van der Waals surface area (Å²) in [6, 6.07) is 12.2. The molecule has 4 nitrogen and oxygen atoms in total. The highest BCUT2D eigenvalue weighted by Crippen LogP contribution is 2.31. The van der Waals surface area contributed by atoms with Gasteiger partial charge in [0.05, 0.1) is 29.7 Å². The number of fused-ring (bicyclic) bond motifs is 1. The third-order valence-electron chi connectivity index (χ3n) is 5.17. The monoisotopic (exact) mass is 381 g/mol. The highest BCUT2D eigenvalue weighted by atomic mass is 19.2. The Bertz CT molecular complexity index is 1010. The molecule has 3 aromatic rings. The summed E-state index contributed by atoms with van der Waals surface area (Å²) >= 11 is 0. The summed E-state index contributed by atoms with van der Waals surface area (Å²) in [6.45, 7) is 3.03. The molecule has 2 heterocycles. The summed E-state index contributed by atoms with van der Waals surface area (Å²) in [7, 11) is 0. The van der Waals surface area contributed by atoms with Crippen LogP contribution in [-0.2, 0) is 19.4 Å². The fraction of sp³-hybridized carbons (Fsp3) is 0.273. The molecule has 0 saturated carbocycles. The summed E-state index contributed by atoms with van der Waals surface area (Å²) in [5.41, 5.74) is 3.56. The van der Waals surface area contributed by atoms with Crippen molar-refractivity contribution < 1.29 is 13.6 Å². The number of anilines is 1. The van der Waals surface area contributed by atoms with Crippen molar-refractivity contribution in [3.63, 3.8) is 0 Å². The quantitative estimate of drug-likeness (QED) is 0.673. The maximum atomic E-state index is 13.8. The number of hydrogen-bond donors (Lipinski definition) is 0. The van der Waals surface area contributed by atoms with Crippen LogP contribution in [0.15, 0.2) is 48.7 Å². The summed E-state index contributed by atoms with van der Waals surface area (Å²) < 4.78 is 29.2. The highest BCUT2D eigenvalue weighted by molar-refractivity contribution is 6.07. The van der Waals surface area contributed by atoms with Crippen molar-refractivity contribution in [1.82, 2.24) is 9.78 Å². The number of carbonyl (C=O) groups excluding carboxylic acids is 1. The summed E-state index contributed by atoms with van der Waals surface area (Å²) in [6.07, 6.45) is 3.57. The standard InChI is InChI=1S/C22H21F2N3O/c1-2-20-17(13-25-27(20)14-15-7-4-3-5-8-15)22(28)26-10-6-9-16-11-18(23)19(24)12-21(16)26/h3-5,7-8,11-13H,2,6,9-10,14H2,1H3. The number of carbonyl (C=O) groups is 1. The molecular formula is C22H21F2N3O. The normalized spacial score (nSPS) is 13.5. The first-order chi connectivity index (χ1) is 13.6. The Labute approximate surface area is 162 Å². The van der Waals surface area contributed by atoms with Crippen LogP contribution in [0.2, 0.25) is 0 Å². The molecule has 1 amide bonds. The third-order valence-corrected chi connectivity index (χ3v) is 5.17. The maximum absolute atomic E-state index is 13.8. The number of rotatable bonds is 4. The van der Waals surface area contributed by atoms with Gasteiger partial charge in [0.2, 0.25) is 0 Å². The SMILES string of the molecule is CCc1c(C(=O)N2CCCc3cc(F)c(F)cc32)cnn1Cc1ccccc1. The van der Waals surface area contributed by atoms with Crippen LogP contribution in [0.1, 0.15) is 40.5 Å².